The van der Waals surface area contributed by atoms with E-state index in [1.165, 1.54) is 24.3 Å². The lowest BCUT2D eigenvalue weighted by Gasteiger charge is -2.04. The lowest BCUT2D eigenvalue weighted by atomic mass is 10.3. The van der Waals surface area contributed by atoms with Gasteiger partial charge in [-0.05, 0) is 35.9 Å². The molecule has 0 atom stereocenters. The van der Waals surface area contributed by atoms with Crippen LogP contribution in [0.3, 0.4) is 0 Å². The van der Waals surface area contributed by atoms with E-state index in [-0.39, 0.29) is 22.1 Å². The lowest BCUT2D eigenvalue weighted by Crippen LogP contribution is -1.94. The number of benzene rings is 1. The van der Waals surface area contributed by atoms with Crippen LogP contribution in [0.4, 0.5) is 4.39 Å². The van der Waals surface area contributed by atoms with Gasteiger partial charge >= 0.3 is 0 Å². The molecule has 0 N–H and O–H groups in total. The fraction of sp³-hybridized carbons (Fsp3) is 0. The standard InChI is InChI=1S/C9H4Cl2FN3O/c10-7-8(13-9(11)15-14-7)16-6-3-1-5(12)2-4-6/h1-4H. The molecule has 0 saturated carbocycles. The largest absolute Gasteiger partial charge is 0.436 e. The van der Waals surface area contributed by atoms with Crippen LogP contribution in [0, 0.1) is 5.82 Å². The van der Waals surface area contributed by atoms with Gasteiger partial charge in [0.15, 0.2) is 0 Å². The summed E-state index contributed by atoms with van der Waals surface area (Å²) in [7, 11) is 0. The Balaban J connectivity index is 2.26. The number of ether oxygens (including phenoxy) is 1. The number of hydrogen-bond donors (Lipinski definition) is 0. The molecular weight excluding hydrogens is 256 g/mol. The summed E-state index contributed by atoms with van der Waals surface area (Å²) in [5, 5.41) is 6.84. The highest BCUT2D eigenvalue weighted by molar-refractivity contribution is 6.31. The van der Waals surface area contributed by atoms with Crippen molar-refractivity contribution < 1.29 is 9.13 Å². The Morgan fingerprint density at radius 1 is 1.06 bits per heavy atom. The predicted octanol–water partition coefficient (Wildman–Crippen LogP) is 3.11. The first-order valence-corrected chi connectivity index (χ1v) is 4.90. The Hall–Kier alpha value is -1.46. The van der Waals surface area contributed by atoms with E-state index < -0.39 is 0 Å². The first kappa shape index (κ1) is 11.0. The minimum atomic E-state index is -0.364. The maximum Gasteiger partial charge on any atom is 0.262 e. The third-order valence-corrected chi connectivity index (χ3v) is 2.02. The van der Waals surface area contributed by atoms with Gasteiger partial charge < -0.3 is 4.74 Å². The molecule has 0 bridgehead atoms. The van der Waals surface area contributed by atoms with E-state index in [0.29, 0.717) is 5.75 Å². The molecule has 1 heterocycles. The van der Waals surface area contributed by atoms with E-state index in [9.17, 15) is 4.39 Å². The van der Waals surface area contributed by atoms with Crippen molar-refractivity contribution in [1.29, 1.82) is 0 Å². The van der Waals surface area contributed by atoms with Crippen molar-refractivity contribution in [2.45, 2.75) is 0 Å². The Bertz CT molecular complexity index is 507. The summed E-state index contributed by atoms with van der Waals surface area (Å²) in [5.74, 6) is 0.0328. The summed E-state index contributed by atoms with van der Waals surface area (Å²) in [6.07, 6.45) is 0. The van der Waals surface area contributed by atoms with Crippen LogP contribution in [0.5, 0.6) is 11.6 Å². The van der Waals surface area contributed by atoms with Gasteiger partial charge in [-0.25, -0.2) is 4.39 Å². The topological polar surface area (TPSA) is 47.9 Å². The molecule has 0 aliphatic carbocycles. The minimum Gasteiger partial charge on any atom is -0.436 e. The van der Waals surface area contributed by atoms with Crippen LogP contribution in [0.2, 0.25) is 10.4 Å². The molecular formula is C9H4Cl2FN3O. The zero-order valence-corrected chi connectivity index (χ0v) is 9.21. The Kier molecular flexibility index (Phi) is 3.17. The van der Waals surface area contributed by atoms with Crippen molar-refractivity contribution in [1.82, 2.24) is 15.2 Å². The fourth-order valence-corrected chi connectivity index (χ4v) is 1.19. The molecule has 0 aliphatic rings. The van der Waals surface area contributed by atoms with Gasteiger partial charge in [0.25, 0.3) is 5.88 Å². The molecule has 0 unspecified atom stereocenters. The lowest BCUT2D eigenvalue weighted by molar-refractivity contribution is 0.456. The summed E-state index contributed by atoms with van der Waals surface area (Å²) in [6.45, 7) is 0. The molecule has 16 heavy (non-hydrogen) atoms. The second-order valence-corrected chi connectivity index (χ2v) is 3.43. The summed E-state index contributed by atoms with van der Waals surface area (Å²) in [5.41, 5.74) is 0. The van der Waals surface area contributed by atoms with Crippen LogP contribution in [0.25, 0.3) is 0 Å². The Morgan fingerprint density at radius 3 is 2.44 bits per heavy atom. The first-order valence-electron chi connectivity index (χ1n) is 4.14. The third kappa shape index (κ3) is 2.56. The highest BCUT2D eigenvalue weighted by Gasteiger charge is 2.08. The van der Waals surface area contributed by atoms with Crippen LogP contribution in [0.15, 0.2) is 24.3 Å². The summed E-state index contributed by atoms with van der Waals surface area (Å²) >= 11 is 11.2. The van der Waals surface area contributed by atoms with Gasteiger partial charge in [0.05, 0.1) is 0 Å². The van der Waals surface area contributed by atoms with Crippen molar-refractivity contribution in [3.05, 3.63) is 40.5 Å². The van der Waals surface area contributed by atoms with E-state index in [2.05, 4.69) is 15.2 Å². The highest BCUT2D eigenvalue weighted by atomic mass is 35.5. The molecule has 4 nitrogen and oxygen atoms in total. The molecule has 0 saturated heterocycles. The van der Waals surface area contributed by atoms with Crippen molar-refractivity contribution in [3.8, 4) is 11.6 Å². The van der Waals surface area contributed by atoms with Crippen molar-refractivity contribution in [2.75, 3.05) is 0 Å². The second-order valence-electron chi connectivity index (χ2n) is 2.73. The fourth-order valence-electron chi connectivity index (χ4n) is 0.959. The second kappa shape index (κ2) is 4.59. The molecule has 2 rings (SSSR count). The SMILES string of the molecule is Fc1ccc(Oc2nc(Cl)nnc2Cl)cc1. The number of aromatic nitrogens is 3. The molecule has 7 heteroatoms. The quantitative estimate of drug-likeness (QED) is 0.832. The van der Waals surface area contributed by atoms with Crippen molar-refractivity contribution in [2.24, 2.45) is 0 Å². The van der Waals surface area contributed by atoms with Gasteiger partial charge in [-0.2, -0.15) is 4.98 Å². The van der Waals surface area contributed by atoms with Gasteiger partial charge in [0.2, 0.25) is 10.4 Å². The average Bonchev–Trinajstić information content (AvgIpc) is 2.27. The van der Waals surface area contributed by atoms with E-state index in [1.807, 2.05) is 0 Å². The van der Waals surface area contributed by atoms with Crippen LogP contribution >= 0.6 is 23.2 Å². The van der Waals surface area contributed by atoms with Gasteiger partial charge in [-0.15, -0.1) is 10.2 Å². The van der Waals surface area contributed by atoms with E-state index in [4.69, 9.17) is 27.9 Å². The first-order chi connectivity index (χ1) is 7.65. The monoisotopic (exact) mass is 259 g/mol. The zero-order chi connectivity index (χ0) is 11.5. The average molecular weight is 260 g/mol. The van der Waals surface area contributed by atoms with Crippen molar-refractivity contribution in [3.63, 3.8) is 0 Å². The molecule has 1 aromatic heterocycles. The molecule has 2 aromatic rings. The molecule has 0 fully saturated rings. The molecule has 0 spiro atoms. The molecule has 0 amide bonds. The third-order valence-electron chi connectivity index (χ3n) is 1.62. The highest BCUT2D eigenvalue weighted by Crippen LogP contribution is 2.25. The summed E-state index contributed by atoms with van der Waals surface area (Å²) in [6, 6.07) is 5.36. The molecule has 0 aliphatic heterocycles. The van der Waals surface area contributed by atoms with Crippen LogP contribution < -0.4 is 4.74 Å². The number of rotatable bonds is 2. The van der Waals surface area contributed by atoms with E-state index in [1.54, 1.807) is 0 Å². The maximum atomic E-state index is 12.6. The van der Waals surface area contributed by atoms with Crippen LogP contribution in [-0.4, -0.2) is 15.2 Å². The summed E-state index contributed by atoms with van der Waals surface area (Å²) < 4.78 is 17.9. The number of hydrogen-bond acceptors (Lipinski definition) is 4. The molecule has 0 radical (unpaired) electrons. The van der Waals surface area contributed by atoms with Gasteiger partial charge in [-0.1, -0.05) is 11.6 Å². The smallest absolute Gasteiger partial charge is 0.262 e. The van der Waals surface area contributed by atoms with Gasteiger partial charge in [0.1, 0.15) is 11.6 Å². The van der Waals surface area contributed by atoms with E-state index >= 15 is 0 Å². The predicted molar refractivity (Wildman–Crippen MR) is 56.3 cm³/mol. The zero-order valence-electron chi connectivity index (χ0n) is 7.69. The van der Waals surface area contributed by atoms with E-state index in [0.717, 1.165) is 0 Å². The van der Waals surface area contributed by atoms with Gasteiger partial charge in [0, 0.05) is 0 Å². The molecule has 82 valence electrons. The molecule has 1 aromatic carbocycles. The van der Waals surface area contributed by atoms with Crippen molar-refractivity contribution >= 4 is 23.2 Å². The number of halogens is 3. The summed E-state index contributed by atoms with van der Waals surface area (Å²) in [4.78, 5) is 3.73. The maximum absolute atomic E-state index is 12.6. The normalized spacial score (nSPS) is 10.2. The van der Waals surface area contributed by atoms with Crippen LogP contribution in [-0.2, 0) is 0 Å². The minimum absolute atomic E-state index is 0.0197. The Morgan fingerprint density at radius 2 is 1.75 bits per heavy atom. The number of nitrogens with zero attached hydrogens (tertiary/aromatic N) is 3. The Labute approximate surface area is 100 Å². The van der Waals surface area contributed by atoms with Crippen LogP contribution in [0.1, 0.15) is 0 Å². The van der Waals surface area contributed by atoms with Gasteiger partial charge in [-0.3, -0.25) is 0 Å².